The molecule has 0 aliphatic heterocycles. The molecule has 23 heavy (non-hydrogen) atoms. The Hall–Kier alpha value is -1.98. The van der Waals surface area contributed by atoms with Crippen LogP contribution in [0.25, 0.3) is 21.8 Å². The van der Waals surface area contributed by atoms with Gasteiger partial charge in [0.1, 0.15) is 5.01 Å². The summed E-state index contributed by atoms with van der Waals surface area (Å²) in [5, 5.41) is 2.98. The molecule has 0 N–H and O–H groups in total. The molecule has 3 nitrogen and oxygen atoms in total. The highest BCUT2D eigenvalue weighted by molar-refractivity contribution is 7.14. The van der Waals surface area contributed by atoms with Gasteiger partial charge in [-0.2, -0.15) is 0 Å². The highest BCUT2D eigenvalue weighted by Gasteiger charge is 2.13. The standard InChI is InChI=1S/C18H17NO2S2/c1-4-21-18(20)14-7-5-6-13(9-14)17-19-16(10-22-17)15-8-11(2)23-12(15)3/h5-10H,4H2,1-3H3. The van der Waals surface area contributed by atoms with E-state index in [4.69, 9.17) is 9.72 Å². The lowest BCUT2D eigenvalue weighted by Gasteiger charge is -2.03. The van der Waals surface area contributed by atoms with Gasteiger partial charge in [-0.3, -0.25) is 0 Å². The van der Waals surface area contributed by atoms with E-state index in [9.17, 15) is 4.79 Å². The second-order valence-corrected chi connectivity index (χ2v) is 7.48. The second-order valence-electron chi connectivity index (χ2n) is 5.17. The van der Waals surface area contributed by atoms with Gasteiger partial charge in [0.25, 0.3) is 0 Å². The van der Waals surface area contributed by atoms with Crippen LogP contribution in [0.5, 0.6) is 0 Å². The number of rotatable bonds is 4. The molecule has 3 aromatic rings. The summed E-state index contributed by atoms with van der Waals surface area (Å²) in [6.45, 7) is 6.41. The zero-order chi connectivity index (χ0) is 16.4. The zero-order valence-electron chi connectivity index (χ0n) is 13.3. The number of thiophene rings is 1. The normalized spacial score (nSPS) is 10.7. The van der Waals surface area contributed by atoms with Crippen molar-refractivity contribution in [1.29, 1.82) is 0 Å². The molecule has 1 aromatic carbocycles. The number of ether oxygens (including phenoxy) is 1. The summed E-state index contributed by atoms with van der Waals surface area (Å²) in [5.74, 6) is -0.296. The monoisotopic (exact) mass is 343 g/mol. The molecule has 0 atom stereocenters. The van der Waals surface area contributed by atoms with E-state index in [0.29, 0.717) is 12.2 Å². The van der Waals surface area contributed by atoms with E-state index in [1.807, 2.05) is 18.2 Å². The van der Waals surface area contributed by atoms with Gasteiger partial charge in [-0.05, 0) is 39.0 Å². The Labute approximate surface area is 143 Å². The molecule has 0 aliphatic rings. The number of nitrogens with zero attached hydrogens (tertiary/aromatic N) is 1. The van der Waals surface area contributed by atoms with Gasteiger partial charge in [0.2, 0.25) is 0 Å². The van der Waals surface area contributed by atoms with Crippen LogP contribution in [-0.2, 0) is 4.74 Å². The van der Waals surface area contributed by atoms with Gasteiger partial charge >= 0.3 is 5.97 Å². The number of hydrogen-bond donors (Lipinski definition) is 0. The molecule has 0 amide bonds. The fourth-order valence-corrected chi connectivity index (χ4v) is 4.16. The van der Waals surface area contributed by atoms with Crippen molar-refractivity contribution in [3.63, 3.8) is 0 Å². The minimum Gasteiger partial charge on any atom is -0.462 e. The van der Waals surface area contributed by atoms with Crippen molar-refractivity contribution in [3.05, 3.63) is 51.0 Å². The Kier molecular flexibility index (Phi) is 4.59. The molecule has 0 bridgehead atoms. The Bertz CT molecular complexity index is 848. The first-order valence-corrected chi connectivity index (χ1v) is 9.08. The second kappa shape index (κ2) is 6.64. The summed E-state index contributed by atoms with van der Waals surface area (Å²) < 4.78 is 5.06. The van der Waals surface area contributed by atoms with Crippen LogP contribution in [0, 0.1) is 13.8 Å². The minimum atomic E-state index is -0.296. The van der Waals surface area contributed by atoms with Gasteiger partial charge < -0.3 is 4.74 Å². The van der Waals surface area contributed by atoms with Crippen molar-refractivity contribution in [2.24, 2.45) is 0 Å². The van der Waals surface area contributed by atoms with E-state index >= 15 is 0 Å². The lowest BCUT2D eigenvalue weighted by Crippen LogP contribution is -2.04. The molecule has 2 aromatic heterocycles. The third-order valence-electron chi connectivity index (χ3n) is 3.44. The number of aromatic nitrogens is 1. The van der Waals surface area contributed by atoms with Crippen LogP contribution in [-0.4, -0.2) is 17.6 Å². The van der Waals surface area contributed by atoms with E-state index in [0.717, 1.165) is 16.3 Å². The number of carbonyl (C=O) groups excluding carboxylic acids is 1. The summed E-state index contributed by atoms with van der Waals surface area (Å²) in [7, 11) is 0. The van der Waals surface area contributed by atoms with E-state index in [2.05, 4.69) is 25.3 Å². The average Bonchev–Trinajstić information content (AvgIpc) is 3.14. The Morgan fingerprint density at radius 3 is 2.78 bits per heavy atom. The van der Waals surface area contributed by atoms with Gasteiger partial charge in [0.05, 0.1) is 17.9 Å². The van der Waals surface area contributed by atoms with E-state index < -0.39 is 0 Å². The van der Waals surface area contributed by atoms with Crippen LogP contribution in [0.4, 0.5) is 0 Å². The molecule has 0 aliphatic carbocycles. The first-order valence-electron chi connectivity index (χ1n) is 7.39. The first kappa shape index (κ1) is 15.9. The Balaban J connectivity index is 1.93. The first-order chi connectivity index (χ1) is 11.1. The zero-order valence-corrected chi connectivity index (χ0v) is 14.9. The van der Waals surface area contributed by atoms with Crippen LogP contribution < -0.4 is 0 Å². The van der Waals surface area contributed by atoms with Crippen LogP contribution >= 0.6 is 22.7 Å². The van der Waals surface area contributed by atoms with E-state index in [1.54, 1.807) is 35.7 Å². The number of aryl methyl sites for hydroxylation is 2. The maximum Gasteiger partial charge on any atom is 0.338 e. The molecule has 5 heteroatoms. The van der Waals surface area contributed by atoms with E-state index in [-0.39, 0.29) is 5.97 Å². The predicted molar refractivity (Wildman–Crippen MR) is 96.3 cm³/mol. The number of esters is 1. The largest absolute Gasteiger partial charge is 0.462 e. The molecule has 0 fully saturated rings. The fourth-order valence-electron chi connectivity index (χ4n) is 2.41. The van der Waals surface area contributed by atoms with Crippen molar-refractivity contribution < 1.29 is 9.53 Å². The maximum atomic E-state index is 11.9. The third kappa shape index (κ3) is 3.35. The smallest absolute Gasteiger partial charge is 0.338 e. The van der Waals surface area contributed by atoms with E-state index in [1.165, 1.54) is 15.3 Å². The molecule has 0 unspecified atom stereocenters. The fraction of sp³-hybridized carbons (Fsp3) is 0.222. The summed E-state index contributed by atoms with van der Waals surface area (Å²) in [5.41, 5.74) is 3.69. The maximum absolute atomic E-state index is 11.9. The van der Waals surface area contributed by atoms with Gasteiger partial charge in [0.15, 0.2) is 0 Å². The summed E-state index contributed by atoms with van der Waals surface area (Å²) in [6.07, 6.45) is 0. The molecule has 0 saturated carbocycles. The van der Waals surface area contributed by atoms with Crippen LogP contribution in [0.15, 0.2) is 35.7 Å². The molecular weight excluding hydrogens is 326 g/mol. The Morgan fingerprint density at radius 1 is 1.26 bits per heavy atom. The predicted octanol–water partition coefficient (Wildman–Crippen LogP) is 5.33. The van der Waals surface area contributed by atoms with Crippen LogP contribution in [0.2, 0.25) is 0 Å². The minimum absolute atomic E-state index is 0.296. The lowest BCUT2D eigenvalue weighted by atomic mass is 10.1. The van der Waals surface area contributed by atoms with Gasteiger partial charge in [-0.15, -0.1) is 22.7 Å². The van der Waals surface area contributed by atoms with Crippen LogP contribution in [0.3, 0.4) is 0 Å². The van der Waals surface area contributed by atoms with Crippen LogP contribution in [0.1, 0.15) is 27.0 Å². The van der Waals surface area contributed by atoms with Crippen molar-refractivity contribution in [2.75, 3.05) is 6.61 Å². The van der Waals surface area contributed by atoms with Crippen molar-refractivity contribution in [3.8, 4) is 21.8 Å². The number of hydrogen-bond acceptors (Lipinski definition) is 5. The molecule has 2 heterocycles. The highest BCUT2D eigenvalue weighted by atomic mass is 32.1. The summed E-state index contributed by atoms with van der Waals surface area (Å²) in [4.78, 5) is 19.2. The SMILES string of the molecule is CCOC(=O)c1cccc(-c2nc(-c3cc(C)sc3C)cs2)c1. The topological polar surface area (TPSA) is 39.2 Å². The van der Waals surface area contributed by atoms with Crippen molar-refractivity contribution in [1.82, 2.24) is 4.98 Å². The number of thiazole rings is 1. The lowest BCUT2D eigenvalue weighted by molar-refractivity contribution is 0.0526. The third-order valence-corrected chi connectivity index (χ3v) is 5.30. The van der Waals surface area contributed by atoms with Gasteiger partial charge in [0, 0.05) is 26.3 Å². The average molecular weight is 343 g/mol. The van der Waals surface area contributed by atoms with Crippen molar-refractivity contribution in [2.45, 2.75) is 20.8 Å². The molecule has 3 rings (SSSR count). The van der Waals surface area contributed by atoms with Crippen molar-refractivity contribution >= 4 is 28.6 Å². The summed E-state index contributed by atoms with van der Waals surface area (Å²) in [6, 6.07) is 9.61. The molecule has 118 valence electrons. The van der Waals surface area contributed by atoms with Gasteiger partial charge in [-0.1, -0.05) is 12.1 Å². The quantitative estimate of drug-likeness (QED) is 0.601. The number of benzene rings is 1. The molecule has 0 radical (unpaired) electrons. The van der Waals surface area contributed by atoms with Gasteiger partial charge in [-0.25, -0.2) is 9.78 Å². The highest BCUT2D eigenvalue weighted by Crippen LogP contribution is 2.34. The Morgan fingerprint density at radius 2 is 2.09 bits per heavy atom. The molecular formula is C18H17NO2S2. The molecule has 0 spiro atoms. The summed E-state index contributed by atoms with van der Waals surface area (Å²) >= 11 is 3.38. The number of carbonyl (C=O) groups is 1. The molecule has 0 saturated heterocycles.